The highest BCUT2D eigenvalue weighted by molar-refractivity contribution is 4.99. The monoisotopic (exact) mass is 215 g/mol. The molecular formula is C10H15F2N3. The SMILES string of the molecule is Cn1cncc1CN1CCC[C@@H]1C(F)F. The van der Waals surface area contributed by atoms with Crippen molar-refractivity contribution in [3.63, 3.8) is 0 Å². The van der Waals surface area contributed by atoms with E-state index >= 15 is 0 Å². The standard InChI is InChI=1S/C10H15F2N3/c1-14-7-13-5-8(14)6-15-4-2-3-9(15)10(11)12/h5,7,9-10H,2-4,6H2,1H3/t9-/m1/s1. The summed E-state index contributed by atoms with van der Waals surface area (Å²) in [7, 11) is 1.88. The van der Waals surface area contributed by atoms with Crippen LogP contribution in [0.2, 0.25) is 0 Å². The largest absolute Gasteiger partial charge is 0.337 e. The van der Waals surface area contributed by atoms with Crippen molar-refractivity contribution < 1.29 is 8.78 Å². The maximum absolute atomic E-state index is 12.7. The van der Waals surface area contributed by atoms with E-state index in [2.05, 4.69) is 4.98 Å². The van der Waals surface area contributed by atoms with Crippen LogP contribution in [0.5, 0.6) is 0 Å². The fraction of sp³-hybridized carbons (Fsp3) is 0.700. The summed E-state index contributed by atoms with van der Waals surface area (Å²) in [6.07, 6.45) is 2.67. The molecule has 0 radical (unpaired) electrons. The zero-order chi connectivity index (χ0) is 10.8. The fourth-order valence-corrected chi connectivity index (χ4v) is 2.08. The van der Waals surface area contributed by atoms with Crippen LogP contribution in [0.1, 0.15) is 18.5 Å². The summed E-state index contributed by atoms with van der Waals surface area (Å²) in [5, 5.41) is 0. The topological polar surface area (TPSA) is 21.1 Å². The van der Waals surface area contributed by atoms with Gasteiger partial charge in [0.25, 0.3) is 6.43 Å². The van der Waals surface area contributed by atoms with Crippen LogP contribution in [0.25, 0.3) is 0 Å². The number of aryl methyl sites for hydroxylation is 1. The second kappa shape index (κ2) is 4.26. The Morgan fingerprint density at radius 1 is 1.60 bits per heavy atom. The summed E-state index contributed by atoms with van der Waals surface area (Å²) in [6, 6.07) is -0.570. The predicted molar refractivity (Wildman–Crippen MR) is 52.6 cm³/mol. The Hall–Kier alpha value is -0.970. The van der Waals surface area contributed by atoms with Crippen molar-refractivity contribution in [3.05, 3.63) is 18.2 Å². The van der Waals surface area contributed by atoms with Crippen molar-refractivity contribution in [3.8, 4) is 0 Å². The quantitative estimate of drug-likeness (QED) is 0.764. The van der Waals surface area contributed by atoms with Gasteiger partial charge in [-0.25, -0.2) is 13.8 Å². The number of imidazole rings is 1. The fourth-order valence-electron chi connectivity index (χ4n) is 2.08. The molecule has 84 valence electrons. The van der Waals surface area contributed by atoms with E-state index in [0.29, 0.717) is 13.0 Å². The van der Waals surface area contributed by atoms with Gasteiger partial charge in [0.15, 0.2) is 0 Å². The normalized spacial score (nSPS) is 22.8. The number of hydrogen-bond acceptors (Lipinski definition) is 2. The molecule has 0 amide bonds. The molecule has 15 heavy (non-hydrogen) atoms. The van der Waals surface area contributed by atoms with Crippen molar-refractivity contribution in [2.75, 3.05) is 6.54 Å². The van der Waals surface area contributed by atoms with Gasteiger partial charge in [-0.2, -0.15) is 0 Å². The summed E-state index contributed by atoms with van der Waals surface area (Å²) < 4.78 is 27.2. The molecule has 0 aliphatic carbocycles. The van der Waals surface area contributed by atoms with Gasteiger partial charge >= 0.3 is 0 Å². The van der Waals surface area contributed by atoms with Crippen LogP contribution in [0.4, 0.5) is 8.78 Å². The number of likely N-dealkylation sites (tertiary alicyclic amines) is 1. The first-order chi connectivity index (χ1) is 7.18. The van der Waals surface area contributed by atoms with E-state index in [1.807, 2.05) is 16.5 Å². The molecule has 0 unspecified atom stereocenters. The van der Waals surface area contributed by atoms with Gasteiger partial charge in [-0.05, 0) is 19.4 Å². The summed E-state index contributed by atoms with van der Waals surface area (Å²) >= 11 is 0. The van der Waals surface area contributed by atoms with E-state index in [0.717, 1.165) is 18.7 Å². The Balaban J connectivity index is 2.02. The smallest absolute Gasteiger partial charge is 0.253 e. The number of alkyl halides is 2. The number of halogens is 2. The van der Waals surface area contributed by atoms with Gasteiger partial charge in [0.1, 0.15) is 0 Å². The maximum atomic E-state index is 12.7. The number of hydrogen-bond donors (Lipinski definition) is 0. The van der Waals surface area contributed by atoms with Crippen molar-refractivity contribution in [2.45, 2.75) is 31.9 Å². The average Bonchev–Trinajstić information content (AvgIpc) is 2.77. The summed E-state index contributed by atoms with van der Waals surface area (Å²) in [6.45, 7) is 1.34. The van der Waals surface area contributed by atoms with Crippen molar-refractivity contribution in [1.29, 1.82) is 0 Å². The van der Waals surface area contributed by atoms with Crippen LogP contribution in [-0.4, -0.2) is 33.5 Å². The molecule has 1 aliphatic heterocycles. The van der Waals surface area contributed by atoms with E-state index in [9.17, 15) is 8.78 Å². The van der Waals surface area contributed by atoms with E-state index in [-0.39, 0.29) is 0 Å². The zero-order valence-electron chi connectivity index (χ0n) is 8.74. The van der Waals surface area contributed by atoms with Gasteiger partial charge in [-0.15, -0.1) is 0 Å². The maximum Gasteiger partial charge on any atom is 0.253 e. The minimum absolute atomic E-state index is 0.570. The highest BCUT2D eigenvalue weighted by Crippen LogP contribution is 2.24. The molecule has 0 aromatic carbocycles. The predicted octanol–water partition coefficient (Wildman–Crippen LogP) is 1.65. The van der Waals surface area contributed by atoms with E-state index < -0.39 is 12.5 Å². The third kappa shape index (κ3) is 2.17. The van der Waals surface area contributed by atoms with Crippen LogP contribution in [0.3, 0.4) is 0 Å². The van der Waals surface area contributed by atoms with Crippen molar-refractivity contribution >= 4 is 0 Å². The minimum Gasteiger partial charge on any atom is -0.337 e. The molecule has 1 aromatic heterocycles. The van der Waals surface area contributed by atoms with Gasteiger partial charge in [0, 0.05) is 19.8 Å². The Morgan fingerprint density at radius 2 is 2.40 bits per heavy atom. The third-order valence-electron chi connectivity index (χ3n) is 2.99. The molecule has 0 bridgehead atoms. The van der Waals surface area contributed by atoms with Crippen LogP contribution >= 0.6 is 0 Å². The summed E-state index contributed by atoms with van der Waals surface area (Å²) in [5.41, 5.74) is 0.988. The first-order valence-corrected chi connectivity index (χ1v) is 5.16. The Bertz CT molecular complexity index is 324. The van der Waals surface area contributed by atoms with Crippen LogP contribution in [0.15, 0.2) is 12.5 Å². The molecule has 1 saturated heterocycles. The molecule has 1 aliphatic rings. The second-order valence-corrected chi connectivity index (χ2v) is 4.01. The molecule has 1 aromatic rings. The highest BCUT2D eigenvalue weighted by atomic mass is 19.3. The van der Waals surface area contributed by atoms with Crippen LogP contribution < -0.4 is 0 Å². The highest BCUT2D eigenvalue weighted by Gasteiger charge is 2.32. The lowest BCUT2D eigenvalue weighted by atomic mass is 10.2. The van der Waals surface area contributed by atoms with Crippen molar-refractivity contribution in [1.82, 2.24) is 14.5 Å². The van der Waals surface area contributed by atoms with Gasteiger partial charge in [-0.1, -0.05) is 0 Å². The summed E-state index contributed by atoms with van der Waals surface area (Å²) in [5.74, 6) is 0. The van der Waals surface area contributed by atoms with E-state index in [1.165, 1.54) is 0 Å². The third-order valence-corrected chi connectivity index (χ3v) is 2.99. The Morgan fingerprint density at radius 3 is 3.00 bits per heavy atom. The molecule has 1 fully saturated rings. The molecule has 2 rings (SSSR count). The lowest BCUT2D eigenvalue weighted by Gasteiger charge is -2.23. The van der Waals surface area contributed by atoms with Gasteiger partial charge < -0.3 is 4.57 Å². The van der Waals surface area contributed by atoms with Crippen molar-refractivity contribution in [2.24, 2.45) is 7.05 Å². The Kier molecular flexibility index (Phi) is 3.00. The summed E-state index contributed by atoms with van der Waals surface area (Å²) in [4.78, 5) is 5.83. The van der Waals surface area contributed by atoms with Crippen LogP contribution in [-0.2, 0) is 13.6 Å². The molecule has 3 nitrogen and oxygen atoms in total. The molecule has 1 atom stereocenters. The van der Waals surface area contributed by atoms with E-state index in [4.69, 9.17) is 0 Å². The zero-order valence-corrected chi connectivity index (χ0v) is 8.74. The first-order valence-electron chi connectivity index (χ1n) is 5.16. The van der Waals surface area contributed by atoms with Gasteiger partial charge in [0.2, 0.25) is 0 Å². The molecule has 5 heteroatoms. The van der Waals surface area contributed by atoms with E-state index in [1.54, 1.807) is 12.5 Å². The van der Waals surface area contributed by atoms with Crippen LogP contribution in [0, 0.1) is 0 Å². The first kappa shape index (κ1) is 10.5. The lowest BCUT2D eigenvalue weighted by molar-refractivity contribution is 0.0432. The van der Waals surface area contributed by atoms with Gasteiger partial charge in [0.05, 0.1) is 18.1 Å². The number of aromatic nitrogens is 2. The molecule has 0 N–H and O–H groups in total. The number of nitrogens with zero attached hydrogens (tertiary/aromatic N) is 3. The average molecular weight is 215 g/mol. The Labute approximate surface area is 87.7 Å². The molecule has 0 spiro atoms. The minimum atomic E-state index is -2.24. The molecule has 0 saturated carbocycles. The lowest BCUT2D eigenvalue weighted by Crippen LogP contribution is -2.34. The molecule has 2 heterocycles. The van der Waals surface area contributed by atoms with Gasteiger partial charge in [-0.3, -0.25) is 4.90 Å². The molecular weight excluding hydrogens is 200 g/mol. The number of rotatable bonds is 3. The second-order valence-electron chi connectivity index (χ2n) is 4.01.